The fraction of sp³-hybridized carbons (Fsp3) is 0.583. The molecule has 0 aromatic rings. The Morgan fingerprint density at radius 2 is 1.48 bits per heavy atom. The molecule has 0 aliphatic heterocycles. The molecule has 1 N–H and O–H groups in total. The maximum Gasteiger partial charge on any atom is 0.303 e. The Hall–Kier alpha value is -2.14. The van der Waals surface area contributed by atoms with E-state index in [1.165, 1.54) is 25.5 Å². The topological polar surface area (TPSA) is 72.8 Å². The molecule has 3 atom stereocenters. The lowest BCUT2D eigenvalue weighted by atomic mass is 9.96. The molecule has 0 aliphatic carbocycles. The monoisotopic (exact) mass is 406 g/mol. The number of hydrogen-bond acceptors (Lipinski definition) is 5. The lowest BCUT2D eigenvalue weighted by Gasteiger charge is -2.24. The van der Waals surface area contributed by atoms with Gasteiger partial charge in [0, 0.05) is 26.7 Å². The Labute approximate surface area is 176 Å². The predicted octanol–water partition coefficient (Wildman–Crippen LogP) is 5.21. The van der Waals surface area contributed by atoms with E-state index in [0.717, 1.165) is 24.0 Å². The lowest BCUT2D eigenvalue weighted by Crippen LogP contribution is -2.29. The van der Waals surface area contributed by atoms with Crippen molar-refractivity contribution in [3.8, 4) is 0 Å². The molecule has 0 saturated carbocycles. The second kappa shape index (κ2) is 13.2. The van der Waals surface area contributed by atoms with Crippen LogP contribution in [-0.4, -0.2) is 34.9 Å². The third-order valence-corrected chi connectivity index (χ3v) is 4.24. The van der Waals surface area contributed by atoms with Crippen molar-refractivity contribution in [3.63, 3.8) is 0 Å². The molecule has 0 aliphatic rings. The smallest absolute Gasteiger partial charge is 0.303 e. The first kappa shape index (κ1) is 26.9. The van der Waals surface area contributed by atoms with Gasteiger partial charge in [0.15, 0.2) is 0 Å². The highest BCUT2D eigenvalue weighted by Gasteiger charge is 2.23. The van der Waals surface area contributed by atoms with Gasteiger partial charge in [-0.05, 0) is 59.6 Å². The molecule has 0 radical (unpaired) electrons. The van der Waals surface area contributed by atoms with Gasteiger partial charge in [0.25, 0.3) is 0 Å². The molecule has 164 valence electrons. The van der Waals surface area contributed by atoms with Crippen molar-refractivity contribution in [2.75, 3.05) is 0 Å². The van der Waals surface area contributed by atoms with Crippen molar-refractivity contribution in [3.05, 3.63) is 47.6 Å². The molecular weight excluding hydrogens is 368 g/mol. The van der Waals surface area contributed by atoms with E-state index < -0.39 is 23.8 Å². The van der Waals surface area contributed by atoms with Crippen LogP contribution in [0.25, 0.3) is 0 Å². The fourth-order valence-corrected chi connectivity index (χ4v) is 2.88. The summed E-state index contributed by atoms with van der Waals surface area (Å²) in [7, 11) is 0. The summed E-state index contributed by atoms with van der Waals surface area (Å²) in [4.78, 5) is 22.9. The molecular formula is C24H38O5. The highest BCUT2D eigenvalue weighted by atomic mass is 16.5. The van der Waals surface area contributed by atoms with Crippen LogP contribution >= 0.6 is 0 Å². The van der Waals surface area contributed by atoms with Crippen LogP contribution in [0, 0.1) is 0 Å². The zero-order valence-corrected chi connectivity index (χ0v) is 19.1. The van der Waals surface area contributed by atoms with Crippen LogP contribution in [0.3, 0.4) is 0 Å². The van der Waals surface area contributed by atoms with Gasteiger partial charge in [-0.3, -0.25) is 9.59 Å². The largest absolute Gasteiger partial charge is 0.458 e. The van der Waals surface area contributed by atoms with E-state index in [1.54, 1.807) is 13.0 Å². The number of hydrogen-bond donors (Lipinski definition) is 1. The molecule has 0 aromatic heterocycles. The standard InChI is InChI=1S/C24H38O5/c1-9-24(8,27)16-23(29-21(7)26)15-19(5)14-22(28-20(6)25)13-18(4)12-10-11-17(2)3/h9,11,13,15,22-23,27H,1,10,12,14,16H2,2-8H3/b18-13+,19-15+. The zero-order valence-electron chi connectivity index (χ0n) is 19.1. The highest BCUT2D eigenvalue weighted by molar-refractivity contribution is 5.66. The van der Waals surface area contributed by atoms with Crippen LogP contribution in [0.2, 0.25) is 0 Å². The molecule has 5 nitrogen and oxygen atoms in total. The van der Waals surface area contributed by atoms with Crippen LogP contribution in [0.1, 0.15) is 74.1 Å². The van der Waals surface area contributed by atoms with Crippen LogP contribution in [-0.2, 0) is 19.1 Å². The molecule has 0 fully saturated rings. The van der Waals surface area contributed by atoms with Crippen molar-refractivity contribution in [2.24, 2.45) is 0 Å². The van der Waals surface area contributed by atoms with E-state index in [0.29, 0.717) is 6.42 Å². The van der Waals surface area contributed by atoms with Crippen LogP contribution in [0.4, 0.5) is 0 Å². The molecule has 3 unspecified atom stereocenters. The molecule has 0 rings (SSSR count). The number of rotatable bonds is 12. The third-order valence-electron chi connectivity index (χ3n) is 4.24. The van der Waals surface area contributed by atoms with Crippen LogP contribution in [0.5, 0.6) is 0 Å². The molecule has 5 heteroatoms. The van der Waals surface area contributed by atoms with Gasteiger partial charge in [-0.2, -0.15) is 0 Å². The average molecular weight is 407 g/mol. The number of carbonyl (C=O) groups excluding carboxylic acids is 2. The second-order valence-corrected chi connectivity index (χ2v) is 8.11. The van der Waals surface area contributed by atoms with Gasteiger partial charge in [-0.1, -0.05) is 28.9 Å². The minimum atomic E-state index is -1.16. The quantitative estimate of drug-likeness (QED) is 0.356. The van der Waals surface area contributed by atoms with Gasteiger partial charge in [-0.15, -0.1) is 6.58 Å². The molecule has 0 heterocycles. The van der Waals surface area contributed by atoms with Crippen molar-refractivity contribution in [2.45, 2.75) is 92.0 Å². The van der Waals surface area contributed by atoms with E-state index in [2.05, 4.69) is 26.5 Å². The van der Waals surface area contributed by atoms with E-state index in [-0.39, 0.29) is 12.4 Å². The van der Waals surface area contributed by atoms with Gasteiger partial charge in [0.05, 0.1) is 5.60 Å². The number of aliphatic hydroxyl groups is 1. The summed E-state index contributed by atoms with van der Waals surface area (Å²) in [5, 5.41) is 10.2. The number of carbonyl (C=O) groups is 2. The van der Waals surface area contributed by atoms with E-state index in [4.69, 9.17) is 9.47 Å². The fourth-order valence-electron chi connectivity index (χ4n) is 2.88. The van der Waals surface area contributed by atoms with Crippen LogP contribution < -0.4 is 0 Å². The average Bonchev–Trinajstić information content (AvgIpc) is 2.52. The minimum Gasteiger partial charge on any atom is -0.458 e. The van der Waals surface area contributed by atoms with Gasteiger partial charge in [-0.25, -0.2) is 0 Å². The second-order valence-electron chi connectivity index (χ2n) is 8.11. The van der Waals surface area contributed by atoms with Gasteiger partial charge < -0.3 is 14.6 Å². The first-order chi connectivity index (χ1) is 13.3. The van der Waals surface area contributed by atoms with E-state index >= 15 is 0 Å². The first-order valence-corrected chi connectivity index (χ1v) is 10.0. The van der Waals surface area contributed by atoms with Gasteiger partial charge >= 0.3 is 11.9 Å². The summed E-state index contributed by atoms with van der Waals surface area (Å²) in [6.07, 6.45) is 8.89. The minimum absolute atomic E-state index is 0.198. The number of allylic oxidation sites excluding steroid dienone is 3. The summed E-state index contributed by atoms with van der Waals surface area (Å²) in [5.41, 5.74) is 2.16. The normalized spacial score (nSPS) is 16.3. The Morgan fingerprint density at radius 1 is 0.966 bits per heavy atom. The zero-order chi connectivity index (χ0) is 22.6. The van der Waals surface area contributed by atoms with E-state index in [1.807, 2.05) is 19.9 Å². The Bertz CT molecular complexity index is 648. The lowest BCUT2D eigenvalue weighted by molar-refractivity contribution is -0.146. The molecule has 0 saturated heterocycles. The summed E-state index contributed by atoms with van der Waals surface area (Å²) in [6, 6.07) is 0. The number of ether oxygens (including phenoxy) is 2. The summed E-state index contributed by atoms with van der Waals surface area (Å²) in [5.74, 6) is -0.771. The van der Waals surface area contributed by atoms with Crippen molar-refractivity contribution >= 4 is 11.9 Å². The summed E-state index contributed by atoms with van der Waals surface area (Å²) < 4.78 is 10.8. The van der Waals surface area contributed by atoms with E-state index in [9.17, 15) is 14.7 Å². The predicted molar refractivity (Wildman–Crippen MR) is 117 cm³/mol. The highest BCUT2D eigenvalue weighted by Crippen LogP contribution is 2.21. The van der Waals surface area contributed by atoms with Gasteiger partial charge in [0.1, 0.15) is 12.2 Å². The maximum absolute atomic E-state index is 11.5. The molecule has 0 amide bonds. The Morgan fingerprint density at radius 3 is 1.97 bits per heavy atom. The Kier molecular flexibility index (Phi) is 12.2. The molecule has 29 heavy (non-hydrogen) atoms. The molecule has 0 aromatic carbocycles. The third kappa shape index (κ3) is 14.5. The maximum atomic E-state index is 11.5. The van der Waals surface area contributed by atoms with Crippen molar-refractivity contribution in [1.29, 1.82) is 0 Å². The van der Waals surface area contributed by atoms with Crippen LogP contribution in [0.15, 0.2) is 47.6 Å². The molecule has 0 spiro atoms. The van der Waals surface area contributed by atoms with Gasteiger partial charge in [0.2, 0.25) is 0 Å². The first-order valence-electron chi connectivity index (χ1n) is 10.0. The SMILES string of the molecule is C=CC(C)(O)CC(/C=C(\C)CC(/C=C(\C)CCC=C(C)C)OC(C)=O)OC(C)=O. The van der Waals surface area contributed by atoms with Crippen molar-refractivity contribution < 1.29 is 24.2 Å². The molecule has 0 bridgehead atoms. The summed E-state index contributed by atoms with van der Waals surface area (Å²) in [6.45, 7) is 16.0. The summed E-state index contributed by atoms with van der Waals surface area (Å²) >= 11 is 0. The Balaban J connectivity index is 5.35. The van der Waals surface area contributed by atoms with Crippen molar-refractivity contribution in [1.82, 2.24) is 0 Å². The number of esters is 2.